The molecule has 2 aromatic carbocycles. The Hall–Kier alpha value is -2.10. The molecule has 0 aliphatic carbocycles. The van der Waals surface area contributed by atoms with Gasteiger partial charge in [-0.3, -0.25) is 9.98 Å². The molecule has 0 aliphatic rings. The third-order valence-electron chi connectivity index (χ3n) is 3.94. The van der Waals surface area contributed by atoms with Gasteiger partial charge >= 0.3 is 0 Å². The van der Waals surface area contributed by atoms with Crippen molar-refractivity contribution in [3.8, 4) is 0 Å². The lowest BCUT2D eigenvalue weighted by Crippen LogP contribution is -2.10. The van der Waals surface area contributed by atoms with E-state index in [1.54, 1.807) is 55.1 Å². The van der Waals surface area contributed by atoms with E-state index in [1.807, 2.05) is 0 Å². The molecule has 1 atom stereocenters. The SMILES string of the molecule is C=N/C=C\SCNSc1ccc(C(O)c2ccc(Cl)cc2C(C=CN)=NC)c(F)c1. The van der Waals surface area contributed by atoms with Crippen LogP contribution >= 0.6 is 35.3 Å². The maximum atomic E-state index is 14.8. The van der Waals surface area contributed by atoms with Crippen LogP contribution in [-0.4, -0.2) is 30.5 Å². The molecule has 0 aliphatic heterocycles. The van der Waals surface area contributed by atoms with Crippen molar-refractivity contribution in [3.63, 3.8) is 0 Å². The quantitative estimate of drug-likeness (QED) is 0.201. The van der Waals surface area contributed by atoms with Crippen LogP contribution in [0.4, 0.5) is 4.39 Å². The Kier molecular flexibility index (Phi) is 10.1. The molecule has 4 N–H and O–H groups in total. The molecule has 0 bridgehead atoms. The van der Waals surface area contributed by atoms with Gasteiger partial charge in [-0.2, -0.15) is 0 Å². The van der Waals surface area contributed by atoms with Gasteiger partial charge in [0.25, 0.3) is 0 Å². The van der Waals surface area contributed by atoms with Crippen LogP contribution in [0.3, 0.4) is 0 Å². The molecule has 158 valence electrons. The van der Waals surface area contributed by atoms with Crippen molar-refractivity contribution in [2.75, 3.05) is 12.9 Å². The number of rotatable bonds is 10. The average Bonchev–Trinajstić information content (AvgIpc) is 2.74. The molecule has 0 amide bonds. The minimum absolute atomic E-state index is 0.157. The average molecular weight is 465 g/mol. The summed E-state index contributed by atoms with van der Waals surface area (Å²) in [5.74, 6) is 0.105. The van der Waals surface area contributed by atoms with E-state index in [9.17, 15) is 9.50 Å². The van der Waals surface area contributed by atoms with Gasteiger partial charge in [0.1, 0.15) is 11.9 Å². The smallest absolute Gasteiger partial charge is 0.130 e. The first-order valence-electron chi connectivity index (χ1n) is 8.76. The molecule has 0 aromatic heterocycles. The minimum atomic E-state index is -1.20. The van der Waals surface area contributed by atoms with Gasteiger partial charge in [0.2, 0.25) is 0 Å². The lowest BCUT2D eigenvalue weighted by molar-refractivity contribution is 0.214. The lowest BCUT2D eigenvalue weighted by Gasteiger charge is -2.18. The van der Waals surface area contributed by atoms with Crippen molar-refractivity contribution >= 4 is 47.7 Å². The molecule has 0 saturated carbocycles. The fraction of sp³-hybridized carbons (Fsp3) is 0.143. The number of nitrogens with one attached hydrogen (secondary N) is 1. The van der Waals surface area contributed by atoms with Crippen LogP contribution in [0.5, 0.6) is 0 Å². The zero-order valence-corrected chi connectivity index (χ0v) is 18.6. The highest BCUT2D eigenvalue weighted by molar-refractivity contribution is 8.03. The van der Waals surface area contributed by atoms with E-state index in [0.717, 1.165) is 0 Å². The largest absolute Gasteiger partial charge is 0.405 e. The Labute approximate surface area is 189 Å². The second-order valence-corrected chi connectivity index (χ2v) is 8.11. The van der Waals surface area contributed by atoms with Crippen LogP contribution in [0.15, 0.2) is 75.2 Å². The summed E-state index contributed by atoms with van der Waals surface area (Å²) < 4.78 is 17.9. The normalized spacial score (nSPS) is 13.3. The highest BCUT2D eigenvalue weighted by Crippen LogP contribution is 2.31. The number of aliphatic imine (C=N–C) groups is 2. The van der Waals surface area contributed by atoms with Crippen molar-refractivity contribution in [2.24, 2.45) is 15.7 Å². The van der Waals surface area contributed by atoms with Crippen LogP contribution in [0.25, 0.3) is 0 Å². The predicted octanol–water partition coefficient (Wildman–Crippen LogP) is 4.91. The topological polar surface area (TPSA) is 83.0 Å². The monoisotopic (exact) mass is 464 g/mol. The van der Waals surface area contributed by atoms with Crippen LogP contribution in [0, 0.1) is 5.82 Å². The molecule has 0 heterocycles. The van der Waals surface area contributed by atoms with Gasteiger partial charge in [-0.1, -0.05) is 23.7 Å². The second-order valence-electron chi connectivity index (χ2n) is 5.81. The van der Waals surface area contributed by atoms with E-state index in [2.05, 4.69) is 21.4 Å². The first-order chi connectivity index (χ1) is 14.5. The van der Waals surface area contributed by atoms with Crippen molar-refractivity contribution in [3.05, 3.63) is 87.8 Å². The summed E-state index contributed by atoms with van der Waals surface area (Å²) in [4.78, 5) is 8.48. The summed E-state index contributed by atoms with van der Waals surface area (Å²) in [6.45, 7) is 3.35. The summed E-state index contributed by atoms with van der Waals surface area (Å²) in [5.41, 5.74) is 7.25. The molecule has 2 aromatic rings. The van der Waals surface area contributed by atoms with Gasteiger partial charge in [-0.15, -0.1) is 11.8 Å². The summed E-state index contributed by atoms with van der Waals surface area (Å²) in [6, 6.07) is 9.66. The van der Waals surface area contributed by atoms with Gasteiger partial charge in [0.15, 0.2) is 0 Å². The molecule has 5 nitrogen and oxygen atoms in total. The van der Waals surface area contributed by atoms with Gasteiger partial charge in [0, 0.05) is 34.3 Å². The Morgan fingerprint density at radius 2 is 2.10 bits per heavy atom. The van der Waals surface area contributed by atoms with Crippen molar-refractivity contribution in [1.29, 1.82) is 0 Å². The summed E-state index contributed by atoms with van der Waals surface area (Å²) in [5, 5.41) is 13.2. The van der Waals surface area contributed by atoms with E-state index in [-0.39, 0.29) is 5.56 Å². The number of nitrogens with zero attached hydrogens (tertiary/aromatic N) is 2. The van der Waals surface area contributed by atoms with E-state index < -0.39 is 11.9 Å². The molecule has 0 radical (unpaired) electrons. The molecule has 0 saturated heterocycles. The number of nitrogens with two attached hydrogens (primary N) is 1. The zero-order chi connectivity index (χ0) is 21.9. The van der Waals surface area contributed by atoms with Crippen molar-refractivity contribution in [2.45, 2.75) is 11.0 Å². The molecule has 9 heteroatoms. The minimum Gasteiger partial charge on any atom is -0.405 e. The number of benzene rings is 2. The highest BCUT2D eigenvalue weighted by atomic mass is 35.5. The van der Waals surface area contributed by atoms with Crippen molar-refractivity contribution < 1.29 is 9.50 Å². The molecule has 30 heavy (non-hydrogen) atoms. The van der Waals surface area contributed by atoms with Gasteiger partial charge < -0.3 is 10.8 Å². The van der Waals surface area contributed by atoms with E-state index in [0.29, 0.717) is 32.6 Å². The van der Waals surface area contributed by atoms with Crippen LogP contribution in [-0.2, 0) is 0 Å². The molecular weight excluding hydrogens is 443 g/mol. The Morgan fingerprint density at radius 3 is 2.77 bits per heavy atom. The molecule has 0 fully saturated rings. The third kappa shape index (κ3) is 6.72. The number of hydrogen-bond donors (Lipinski definition) is 3. The van der Waals surface area contributed by atoms with Gasteiger partial charge in [0.05, 0.1) is 11.6 Å². The number of thioether (sulfide) groups is 1. The molecule has 2 rings (SSSR count). The van der Waals surface area contributed by atoms with Gasteiger partial charge in [-0.25, -0.2) is 9.11 Å². The first kappa shape index (κ1) is 24.2. The van der Waals surface area contributed by atoms with Crippen molar-refractivity contribution in [1.82, 2.24) is 4.72 Å². The predicted molar refractivity (Wildman–Crippen MR) is 128 cm³/mol. The highest BCUT2D eigenvalue weighted by Gasteiger charge is 2.20. The first-order valence-corrected chi connectivity index (χ1v) is 11.0. The Morgan fingerprint density at radius 1 is 1.33 bits per heavy atom. The van der Waals surface area contributed by atoms with E-state index >= 15 is 0 Å². The van der Waals surface area contributed by atoms with Crippen LogP contribution < -0.4 is 10.5 Å². The number of halogens is 2. The lowest BCUT2D eigenvalue weighted by atomic mass is 9.94. The van der Waals surface area contributed by atoms with Gasteiger partial charge in [-0.05, 0) is 66.2 Å². The summed E-state index contributed by atoms with van der Waals surface area (Å²) in [6.07, 6.45) is 3.35. The summed E-state index contributed by atoms with van der Waals surface area (Å²) in [7, 11) is 1.61. The third-order valence-corrected chi connectivity index (χ3v) is 5.76. The van der Waals surface area contributed by atoms with E-state index in [1.165, 1.54) is 36.0 Å². The molecule has 1 unspecified atom stereocenters. The standard InChI is InChI=1S/C21H22ClFN4OS2/c1-25-9-10-29-13-27-30-15-4-6-17(19(23)12-15)21(28)16-5-3-14(22)11-18(16)20(26-2)7-8-24/h3-12,21,27-28H,1,13,24H2,2H3/b8-7?,10-9-,26-20?. The maximum absolute atomic E-state index is 14.8. The maximum Gasteiger partial charge on any atom is 0.130 e. The summed E-state index contributed by atoms with van der Waals surface area (Å²) >= 11 is 8.92. The number of aliphatic hydroxyl groups is 1. The molecular formula is C21H22ClFN4OS2. The number of aliphatic hydroxyl groups excluding tert-OH is 1. The zero-order valence-electron chi connectivity index (χ0n) is 16.3. The molecule has 0 spiro atoms. The number of allylic oxidation sites excluding steroid dienone is 1. The Bertz CT molecular complexity index is 966. The fourth-order valence-electron chi connectivity index (χ4n) is 2.61. The van der Waals surface area contributed by atoms with Crippen LogP contribution in [0.1, 0.15) is 22.8 Å². The van der Waals surface area contributed by atoms with Crippen LogP contribution in [0.2, 0.25) is 5.02 Å². The Balaban J connectivity index is 2.22. The number of hydrogen-bond acceptors (Lipinski definition) is 7. The second kappa shape index (κ2) is 12.6. The fourth-order valence-corrected chi connectivity index (χ4v) is 4.02. The van der Waals surface area contributed by atoms with E-state index in [4.69, 9.17) is 17.3 Å².